The smallest absolute Gasteiger partial charge is 0.136 e. The molecule has 0 amide bonds. The molecule has 0 spiro atoms. The van der Waals surface area contributed by atoms with Crippen LogP contribution in [0, 0.1) is 5.92 Å². The van der Waals surface area contributed by atoms with E-state index in [0.717, 1.165) is 0 Å². The first-order chi connectivity index (χ1) is 4.22. The van der Waals surface area contributed by atoms with E-state index in [2.05, 4.69) is 5.32 Å². The van der Waals surface area contributed by atoms with Gasteiger partial charge in [-0.1, -0.05) is 0 Å². The molecule has 2 unspecified atom stereocenters. The monoisotopic (exact) mass is 129 g/mol. The molecule has 0 saturated carbocycles. The predicted octanol–water partition coefficient (Wildman–Crippen LogP) is -0.844. The fourth-order valence-electron chi connectivity index (χ4n) is 1.08. The summed E-state index contributed by atoms with van der Waals surface area (Å²) in [6.45, 7) is 2.71. The van der Waals surface area contributed by atoms with E-state index in [4.69, 9.17) is 5.11 Å². The van der Waals surface area contributed by atoms with Gasteiger partial charge >= 0.3 is 0 Å². The van der Waals surface area contributed by atoms with Crippen LogP contribution in [0.15, 0.2) is 0 Å². The molecule has 1 saturated heterocycles. The van der Waals surface area contributed by atoms with Crippen LogP contribution >= 0.6 is 0 Å². The predicted molar refractivity (Wildman–Crippen MR) is 33.0 cm³/mol. The van der Waals surface area contributed by atoms with E-state index < -0.39 is 6.10 Å². The van der Waals surface area contributed by atoms with Gasteiger partial charge in [-0.05, 0) is 6.92 Å². The van der Waals surface area contributed by atoms with E-state index in [1.807, 2.05) is 0 Å². The summed E-state index contributed by atoms with van der Waals surface area (Å²) < 4.78 is 0. The number of Topliss-reactive ketones (excluding diaryl/α,β-unsaturated/α-hetero) is 1. The van der Waals surface area contributed by atoms with Crippen molar-refractivity contribution in [3.63, 3.8) is 0 Å². The topological polar surface area (TPSA) is 49.3 Å². The van der Waals surface area contributed by atoms with Crippen molar-refractivity contribution in [1.82, 2.24) is 5.32 Å². The van der Waals surface area contributed by atoms with Gasteiger partial charge in [0.1, 0.15) is 5.78 Å². The summed E-state index contributed by atoms with van der Waals surface area (Å²) in [6, 6.07) is 0. The molecule has 3 heteroatoms. The molecule has 1 rings (SSSR count). The highest BCUT2D eigenvalue weighted by atomic mass is 16.3. The molecule has 0 aromatic carbocycles. The lowest BCUT2D eigenvalue weighted by Crippen LogP contribution is -2.24. The molecular weight excluding hydrogens is 118 g/mol. The van der Waals surface area contributed by atoms with E-state index in [0.29, 0.717) is 13.1 Å². The Labute approximate surface area is 54.1 Å². The van der Waals surface area contributed by atoms with Gasteiger partial charge in [-0.25, -0.2) is 0 Å². The minimum atomic E-state index is -0.456. The van der Waals surface area contributed by atoms with E-state index in [9.17, 15) is 4.79 Å². The minimum Gasteiger partial charge on any atom is -0.391 e. The summed E-state index contributed by atoms with van der Waals surface area (Å²) in [5.74, 6) is -0.0856. The fraction of sp³-hybridized carbons (Fsp3) is 0.833. The molecule has 1 aliphatic heterocycles. The van der Waals surface area contributed by atoms with Crippen LogP contribution in [0.5, 0.6) is 0 Å². The van der Waals surface area contributed by atoms with Gasteiger partial charge in [0, 0.05) is 13.1 Å². The standard InChI is InChI=1S/C6H11NO2/c1-4(8)5-2-7-3-6(5)9/h5-7,9H,2-3H2,1H3. The molecular formula is C6H11NO2. The molecule has 1 aliphatic rings. The van der Waals surface area contributed by atoms with Gasteiger partial charge < -0.3 is 10.4 Å². The van der Waals surface area contributed by atoms with Crippen molar-refractivity contribution in [2.75, 3.05) is 13.1 Å². The number of hydrogen-bond acceptors (Lipinski definition) is 3. The van der Waals surface area contributed by atoms with Crippen LogP contribution in [-0.2, 0) is 4.79 Å². The quantitative estimate of drug-likeness (QED) is 0.485. The average Bonchev–Trinajstić information content (AvgIpc) is 2.13. The molecule has 9 heavy (non-hydrogen) atoms. The number of aliphatic hydroxyl groups excluding tert-OH is 1. The number of hydrogen-bond donors (Lipinski definition) is 2. The van der Waals surface area contributed by atoms with Crippen LogP contribution in [0.2, 0.25) is 0 Å². The van der Waals surface area contributed by atoms with Gasteiger partial charge in [0.25, 0.3) is 0 Å². The Hall–Kier alpha value is -0.410. The Morgan fingerprint density at radius 2 is 2.33 bits per heavy atom. The zero-order valence-corrected chi connectivity index (χ0v) is 5.42. The van der Waals surface area contributed by atoms with Crippen molar-refractivity contribution < 1.29 is 9.90 Å². The summed E-state index contributed by atoms with van der Waals surface area (Å²) in [5.41, 5.74) is 0. The molecule has 1 heterocycles. The third-order valence-electron chi connectivity index (χ3n) is 1.70. The zero-order valence-electron chi connectivity index (χ0n) is 5.42. The molecule has 2 N–H and O–H groups in total. The first-order valence-electron chi connectivity index (χ1n) is 3.11. The maximum Gasteiger partial charge on any atom is 0.136 e. The minimum absolute atomic E-state index is 0.0764. The van der Waals surface area contributed by atoms with E-state index in [1.54, 1.807) is 0 Å². The number of β-amino-alcohol motifs (C(OH)–C–C–N with tert-alkyl or cyclic N) is 1. The third-order valence-corrected chi connectivity index (χ3v) is 1.70. The molecule has 0 bridgehead atoms. The lowest BCUT2D eigenvalue weighted by molar-refractivity contribution is -0.122. The Bertz CT molecular complexity index is 124. The first-order valence-corrected chi connectivity index (χ1v) is 3.11. The van der Waals surface area contributed by atoms with Crippen molar-refractivity contribution in [1.29, 1.82) is 0 Å². The van der Waals surface area contributed by atoms with Gasteiger partial charge in [0.15, 0.2) is 0 Å². The first kappa shape index (κ1) is 6.71. The molecule has 0 radical (unpaired) electrons. The highest BCUT2D eigenvalue weighted by molar-refractivity contribution is 5.79. The summed E-state index contributed by atoms with van der Waals surface area (Å²) in [5, 5.41) is 12.0. The Balaban J connectivity index is 2.49. The number of carbonyl (C=O) groups excluding carboxylic acids is 1. The number of ketones is 1. The van der Waals surface area contributed by atoms with Gasteiger partial charge in [-0.2, -0.15) is 0 Å². The molecule has 52 valence electrons. The van der Waals surface area contributed by atoms with Crippen LogP contribution in [0.4, 0.5) is 0 Å². The molecule has 2 atom stereocenters. The highest BCUT2D eigenvalue weighted by Crippen LogP contribution is 2.08. The second-order valence-corrected chi connectivity index (χ2v) is 2.44. The van der Waals surface area contributed by atoms with Crippen LogP contribution in [-0.4, -0.2) is 30.1 Å². The molecule has 0 aromatic rings. The van der Waals surface area contributed by atoms with Crippen molar-refractivity contribution >= 4 is 5.78 Å². The summed E-state index contributed by atoms with van der Waals surface area (Å²) in [6.07, 6.45) is -0.456. The summed E-state index contributed by atoms with van der Waals surface area (Å²) in [4.78, 5) is 10.7. The van der Waals surface area contributed by atoms with Crippen molar-refractivity contribution in [2.24, 2.45) is 5.92 Å². The average molecular weight is 129 g/mol. The molecule has 0 aromatic heterocycles. The summed E-state index contributed by atoms with van der Waals surface area (Å²) >= 11 is 0. The lowest BCUT2D eigenvalue weighted by Gasteiger charge is -2.06. The maximum atomic E-state index is 10.7. The Morgan fingerprint density at radius 1 is 1.67 bits per heavy atom. The number of aliphatic hydroxyl groups is 1. The number of nitrogens with one attached hydrogen (secondary N) is 1. The molecule has 1 fully saturated rings. The van der Waals surface area contributed by atoms with Crippen molar-refractivity contribution in [3.8, 4) is 0 Å². The fourth-order valence-corrected chi connectivity index (χ4v) is 1.08. The van der Waals surface area contributed by atoms with E-state index in [1.165, 1.54) is 6.92 Å². The van der Waals surface area contributed by atoms with Crippen LogP contribution in [0.3, 0.4) is 0 Å². The molecule has 3 nitrogen and oxygen atoms in total. The van der Waals surface area contributed by atoms with E-state index >= 15 is 0 Å². The van der Waals surface area contributed by atoms with Gasteiger partial charge in [-0.15, -0.1) is 0 Å². The van der Waals surface area contributed by atoms with E-state index in [-0.39, 0.29) is 11.7 Å². The van der Waals surface area contributed by atoms with Crippen molar-refractivity contribution in [3.05, 3.63) is 0 Å². The maximum absolute atomic E-state index is 10.7. The largest absolute Gasteiger partial charge is 0.391 e. The Morgan fingerprint density at radius 3 is 2.56 bits per heavy atom. The normalized spacial score (nSPS) is 34.9. The van der Waals surface area contributed by atoms with Crippen LogP contribution < -0.4 is 5.32 Å². The van der Waals surface area contributed by atoms with Crippen molar-refractivity contribution in [2.45, 2.75) is 13.0 Å². The van der Waals surface area contributed by atoms with Gasteiger partial charge in [0.2, 0.25) is 0 Å². The lowest BCUT2D eigenvalue weighted by atomic mass is 10.0. The Kier molecular flexibility index (Phi) is 1.83. The zero-order chi connectivity index (χ0) is 6.85. The van der Waals surface area contributed by atoms with Gasteiger partial charge in [-0.3, -0.25) is 4.79 Å². The van der Waals surface area contributed by atoms with Gasteiger partial charge in [0.05, 0.1) is 12.0 Å². The summed E-state index contributed by atoms with van der Waals surface area (Å²) in [7, 11) is 0. The second kappa shape index (κ2) is 2.45. The highest BCUT2D eigenvalue weighted by Gasteiger charge is 2.28. The van der Waals surface area contributed by atoms with Crippen LogP contribution in [0.1, 0.15) is 6.92 Å². The van der Waals surface area contributed by atoms with Crippen LogP contribution in [0.25, 0.3) is 0 Å². The second-order valence-electron chi connectivity index (χ2n) is 2.44. The number of carbonyl (C=O) groups is 1. The SMILES string of the molecule is CC(=O)C1CNCC1O. The molecule has 0 aliphatic carbocycles. The number of rotatable bonds is 1. The third kappa shape index (κ3) is 1.28.